The van der Waals surface area contributed by atoms with Crippen molar-refractivity contribution in [3.63, 3.8) is 0 Å². The van der Waals surface area contributed by atoms with E-state index in [0.29, 0.717) is 5.56 Å². The third-order valence-electron chi connectivity index (χ3n) is 3.42. The molecule has 5 atom stereocenters. The molecule has 1 aliphatic heterocycles. The molecule has 0 spiro atoms. The minimum Gasteiger partial charge on any atom is -0.508 e. The van der Waals surface area contributed by atoms with E-state index >= 15 is 0 Å². The summed E-state index contributed by atoms with van der Waals surface area (Å²) in [7, 11) is 0. The van der Waals surface area contributed by atoms with Gasteiger partial charge in [-0.05, 0) is 29.9 Å². The van der Waals surface area contributed by atoms with Gasteiger partial charge in [-0.3, -0.25) is 5.43 Å². The van der Waals surface area contributed by atoms with Gasteiger partial charge in [0.05, 0.1) is 12.8 Å². The SMILES string of the molecule is OC[C@H]1O[C@@H](NC(=S)N/N=C\c2cccc(O)c2)[C@H](O)[C@@H](O)[C@@H]1O. The number of benzene rings is 1. The van der Waals surface area contributed by atoms with Gasteiger partial charge in [0.2, 0.25) is 0 Å². The molecule has 1 heterocycles. The highest BCUT2D eigenvalue weighted by molar-refractivity contribution is 7.80. The number of phenolic OH excluding ortho intramolecular Hbond substituents is 1. The molecule has 1 aliphatic rings. The summed E-state index contributed by atoms with van der Waals surface area (Å²) in [5.74, 6) is 0.0981. The van der Waals surface area contributed by atoms with Crippen molar-refractivity contribution >= 4 is 23.5 Å². The fraction of sp³-hybridized carbons (Fsp3) is 0.429. The van der Waals surface area contributed by atoms with E-state index in [1.54, 1.807) is 12.1 Å². The van der Waals surface area contributed by atoms with E-state index in [4.69, 9.17) is 22.1 Å². The Morgan fingerprint density at radius 2 is 2.00 bits per heavy atom. The van der Waals surface area contributed by atoms with E-state index in [2.05, 4.69) is 15.8 Å². The Morgan fingerprint density at radius 3 is 2.67 bits per heavy atom. The van der Waals surface area contributed by atoms with Crippen LogP contribution in [0.3, 0.4) is 0 Å². The lowest BCUT2D eigenvalue weighted by molar-refractivity contribution is -0.232. The fourth-order valence-corrected chi connectivity index (χ4v) is 2.32. The molecule has 7 N–H and O–H groups in total. The Balaban J connectivity index is 1.89. The Morgan fingerprint density at radius 1 is 1.25 bits per heavy atom. The number of aromatic hydroxyl groups is 1. The van der Waals surface area contributed by atoms with Gasteiger partial charge in [-0.15, -0.1) is 0 Å². The summed E-state index contributed by atoms with van der Waals surface area (Å²) in [5.41, 5.74) is 3.12. The van der Waals surface area contributed by atoms with Crippen LogP contribution in [-0.4, -0.2) is 74.1 Å². The molecule has 0 radical (unpaired) electrons. The fourth-order valence-electron chi connectivity index (χ4n) is 2.15. The molecule has 1 saturated heterocycles. The van der Waals surface area contributed by atoms with Crippen LogP contribution in [0, 0.1) is 0 Å². The van der Waals surface area contributed by atoms with E-state index in [1.807, 2.05) is 0 Å². The standard InChI is InChI=1S/C14H19N3O6S/c18-6-9-10(20)11(21)12(22)13(23-9)16-14(24)17-15-5-7-2-1-3-8(19)4-7/h1-5,9-13,18-22H,6H2,(H2,16,17,24)/b15-5-/t9-,10-,11+,12-,13-/m1/s1. The average Bonchev–Trinajstić information content (AvgIpc) is 2.55. The van der Waals surface area contributed by atoms with Crippen LogP contribution in [0.5, 0.6) is 5.75 Å². The molecule has 9 nitrogen and oxygen atoms in total. The van der Waals surface area contributed by atoms with Crippen molar-refractivity contribution in [2.75, 3.05) is 6.61 Å². The summed E-state index contributed by atoms with van der Waals surface area (Å²) >= 11 is 4.99. The van der Waals surface area contributed by atoms with E-state index in [1.165, 1.54) is 18.3 Å². The lowest BCUT2D eigenvalue weighted by Gasteiger charge is -2.40. The number of hydrogen-bond acceptors (Lipinski definition) is 8. The Bertz CT molecular complexity index is 600. The number of nitrogens with one attached hydrogen (secondary N) is 2. The molecule has 1 fully saturated rings. The van der Waals surface area contributed by atoms with Crippen molar-refractivity contribution in [1.29, 1.82) is 0 Å². The Kier molecular flexibility index (Phi) is 6.43. The normalized spacial score (nSPS) is 30.2. The maximum Gasteiger partial charge on any atom is 0.189 e. The minimum absolute atomic E-state index is 0.00395. The zero-order valence-electron chi connectivity index (χ0n) is 12.5. The van der Waals surface area contributed by atoms with Crippen molar-refractivity contribution in [3.8, 4) is 5.75 Å². The molecule has 132 valence electrons. The van der Waals surface area contributed by atoms with Crippen LogP contribution in [0.4, 0.5) is 0 Å². The molecule has 2 rings (SSSR count). The van der Waals surface area contributed by atoms with Crippen LogP contribution in [0.15, 0.2) is 29.4 Å². The third kappa shape index (κ3) is 4.60. The van der Waals surface area contributed by atoms with Crippen molar-refractivity contribution in [2.24, 2.45) is 5.10 Å². The monoisotopic (exact) mass is 357 g/mol. The van der Waals surface area contributed by atoms with Gasteiger partial charge in [0.25, 0.3) is 0 Å². The number of thiocarbonyl (C=S) groups is 1. The topological polar surface area (TPSA) is 147 Å². The first-order chi connectivity index (χ1) is 11.4. The number of nitrogens with zero attached hydrogens (tertiary/aromatic N) is 1. The predicted molar refractivity (Wildman–Crippen MR) is 88.3 cm³/mol. The van der Waals surface area contributed by atoms with Gasteiger partial charge in [0, 0.05) is 0 Å². The average molecular weight is 357 g/mol. The molecule has 0 aliphatic carbocycles. The maximum absolute atomic E-state index is 9.87. The predicted octanol–water partition coefficient (Wildman–Crippen LogP) is -2.01. The van der Waals surface area contributed by atoms with Crippen LogP contribution >= 0.6 is 12.2 Å². The molecule has 1 aromatic carbocycles. The summed E-state index contributed by atoms with van der Waals surface area (Å²) in [4.78, 5) is 0. The van der Waals surface area contributed by atoms with Crippen LogP contribution in [0.25, 0.3) is 0 Å². The molecule has 0 bridgehead atoms. The number of aliphatic hydroxyl groups is 4. The molecule has 1 aromatic rings. The van der Waals surface area contributed by atoms with Gasteiger partial charge in [0.1, 0.15) is 30.2 Å². The number of hydrazone groups is 1. The summed E-state index contributed by atoms with van der Waals surface area (Å²) in [6.07, 6.45) is -5.12. The van der Waals surface area contributed by atoms with Crippen molar-refractivity contribution in [1.82, 2.24) is 10.7 Å². The van der Waals surface area contributed by atoms with Gasteiger partial charge < -0.3 is 35.6 Å². The van der Waals surface area contributed by atoms with Crippen LogP contribution in [0.1, 0.15) is 5.56 Å². The maximum atomic E-state index is 9.87. The van der Waals surface area contributed by atoms with Crippen LogP contribution in [-0.2, 0) is 4.74 Å². The number of aliphatic hydroxyl groups excluding tert-OH is 4. The van der Waals surface area contributed by atoms with Crippen molar-refractivity contribution in [3.05, 3.63) is 29.8 Å². The Hall–Kier alpha value is -1.82. The lowest BCUT2D eigenvalue weighted by atomic mass is 9.98. The van der Waals surface area contributed by atoms with Gasteiger partial charge in [-0.1, -0.05) is 12.1 Å². The molecule has 24 heavy (non-hydrogen) atoms. The van der Waals surface area contributed by atoms with Gasteiger partial charge >= 0.3 is 0 Å². The largest absolute Gasteiger partial charge is 0.508 e. The highest BCUT2D eigenvalue weighted by Gasteiger charge is 2.43. The zero-order chi connectivity index (χ0) is 17.7. The molecule has 10 heteroatoms. The summed E-state index contributed by atoms with van der Waals surface area (Å²) in [5, 5.41) is 54.1. The summed E-state index contributed by atoms with van der Waals surface area (Å²) < 4.78 is 5.25. The van der Waals surface area contributed by atoms with Gasteiger partial charge in [-0.2, -0.15) is 5.10 Å². The molecule has 0 saturated carbocycles. The second-order valence-corrected chi connectivity index (χ2v) is 5.60. The number of phenols is 1. The molecular weight excluding hydrogens is 338 g/mol. The quantitative estimate of drug-likeness (QED) is 0.184. The van der Waals surface area contributed by atoms with Crippen molar-refractivity contribution in [2.45, 2.75) is 30.6 Å². The van der Waals surface area contributed by atoms with E-state index in [9.17, 15) is 20.4 Å². The summed E-state index contributed by atoms with van der Waals surface area (Å²) in [6, 6.07) is 6.40. The van der Waals surface area contributed by atoms with E-state index in [0.717, 1.165) is 0 Å². The van der Waals surface area contributed by atoms with E-state index in [-0.39, 0.29) is 10.9 Å². The molecular formula is C14H19N3O6S. The second-order valence-electron chi connectivity index (χ2n) is 5.19. The molecule has 0 unspecified atom stereocenters. The first kappa shape index (κ1) is 18.5. The van der Waals surface area contributed by atoms with Gasteiger partial charge in [0.15, 0.2) is 11.3 Å². The highest BCUT2D eigenvalue weighted by atomic mass is 32.1. The number of rotatable bonds is 4. The third-order valence-corrected chi connectivity index (χ3v) is 3.62. The van der Waals surface area contributed by atoms with Gasteiger partial charge in [-0.25, -0.2) is 0 Å². The second kappa shape index (κ2) is 8.33. The lowest BCUT2D eigenvalue weighted by Crippen LogP contribution is -2.63. The highest BCUT2D eigenvalue weighted by Crippen LogP contribution is 2.19. The Labute approximate surface area is 143 Å². The zero-order valence-corrected chi connectivity index (χ0v) is 13.3. The van der Waals surface area contributed by atoms with Crippen LogP contribution in [0.2, 0.25) is 0 Å². The smallest absolute Gasteiger partial charge is 0.189 e. The molecule has 0 amide bonds. The van der Waals surface area contributed by atoms with Crippen molar-refractivity contribution < 1.29 is 30.3 Å². The minimum atomic E-state index is -1.49. The number of hydrogen-bond donors (Lipinski definition) is 7. The van der Waals surface area contributed by atoms with E-state index < -0.39 is 37.3 Å². The molecule has 0 aromatic heterocycles. The first-order valence-electron chi connectivity index (χ1n) is 7.11. The number of ether oxygens (including phenoxy) is 1. The first-order valence-corrected chi connectivity index (χ1v) is 7.52. The van der Waals surface area contributed by atoms with Crippen LogP contribution < -0.4 is 10.7 Å². The summed E-state index contributed by atoms with van der Waals surface area (Å²) in [6.45, 7) is -0.529.